The number of nitrogens with one attached hydrogen (secondary N) is 1. The van der Waals surface area contributed by atoms with Gasteiger partial charge in [-0.15, -0.1) is 0 Å². The van der Waals surface area contributed by atoms with Crippen LogP contribution >= 0.6 is 0 Å². The Morgan fingerprint density at radius 2 is 2.04 bits per heavy atom. The predicted octanol–water partition coefficient (Wildman–Crippen LogP) is 3.13. The average molecular weight is 348 g/mol. The predicted molar refractivity (Wildman–Crippen MR) is 97.3 cm³/mol. The molecule has 0 bridgehead atoms. The van der Waals surface area contributed by atoms with Gasteiger partial charge in [-0.05, 0) is 63.2 Å². The van der Waals surface area contributed by atoms with Crippen LogP contribution in [-0.4, -0.2) is 43.2 Å². The standard InChI is InChI=1S/C20H32N2O3/c1-2-17-6-7-19(25-17)15-22-11-9-16(10-12-22)5-8-20(23)21-14-18-4-3-13-24-18/h6-7,16,18H,2-5,8-15H2,1H3,(H,21,23)/t18-/m0/s1. The fourth-order valence-corrected chi connectivity index (χ4v) is 3.81. The molecule has 3 heterocycles. The van der Waals surface area contributed by atoms with E-state index >= 15 is 0 Å². The van der Waals surface area contributed by atoms with Gasteiger partial charge in [-0.2, -0.15) is 0 Å². The number of carbonyl (C=O) groups excluding carboxylic acids is 1. The van der Waals surface area contributed by atoms with Gasteiger partial charge in [0.1, 0.15) is 11.5 Å². The minimum atomic E-state index is 0.181. The zero-order valence-corrected chi connectivity index (χ0v) is 15.5. The van der Waals surface area contributed by atoms with Crippen molar-refractivity contribution in [3.63, 3.8) is 0 Å². The summed E-state index contributed by atoms with van der Waals surface area (Å²) in [6.45, 7) is 6.76. The van der Waals surface area contributed by atoms with E-state index in [0.717, 1.165) is 63.4 Å². The van der Waals surface area contributed by atoms with E-state index in [1.165, 1.54) is 12.8 Å². The largest absolute Gasteiger partial charge is 0.465 e. The maximum Gasteiger partial charge on any atom is 0.220 e. The molecule has 1 atom stereocenters. The third-order valence-electron chi connectivity index (χ3n) is 5.48. The topological polar surface area (TPSA) is 54.7 Å². The van der Waals surface area contributed by atoms with E-state index in [-0.39, 0.29) is 12.0 Å². The second kappa shape index (κ2) is 9.39. The Labute approximate surface area is 151 Å². The molecule has 1 aromatic heterocycles. The summed E-state index contributed by atoms with van der Waals surface area (Å²) in [5.74, 6) is 3.00. The third kappa shape index (κ3) is 5.86. The van der Waals surface area contributed by atoms with Crippen LogP contribution in [0, 0.1) is 5.92 Å². The Balaban J connectivity index is 1.28. The van der Waals surface area contributed by atoms with Gasteiger partial charge in [0.05, 0.1) is 12.6 Å². The first-order chi connectivity index (χ1) is 12.2. The molecule has 1 N–H and O–H groups in total. The fourth-order valence-electron chi connectivity index (χ4n) is 3.81. The molecule has 1 aromatic rings. The van der Waals surface area contributed by atoms with Gasteiger partial charge < -0.3 is 14.5 Å². The Morgan fingerprint density at radius 3 is 2.72 bits per heavy atom. The van der Waals surface area contributed by atoms with E-state index in [9.17, 15) is 4.79 Å². The number of amides is 1. The average Bonchev–Trinajstić information content (AvgIpc) is 3.31. The molecule has 0 aliphatic carbocycles. The molecule has 140 valence electrons. The Kier molecular flexibility index (Phi) is 6.93. The maximum absolute atomic E-state index is 12.0. The second-order valence-corrected chi connectivity index (χ2v) is 7.42. The number of piperidine rings is 1. The molecule has 3 rings (SSSR count). The number of furan rings is 1. The first-order valence-corrected chi connectivity index (χ1v) is 9.91. The summed E-state index contributed by atoms with van der Waals surface area (Å²) in [4.78, 5) is 14.5. The molecule has 2 aliphatic rings. The highest BCUT2D eigenvalue weighted by Crippen LogP contribution is 2.23. The number of hydrogen-bond acceptors (Lipinski definition) is 4. The molecule has 0 aromatic carbocycles. The molecule has 0 unspecified atom stereocenters. The first-order valence-electron chi connectivity index (χ1n) is 9.91. The van der Waals surface area contributed by atoms with Crippen LogP contribution in [0.1, 0.15) is 57.0 Å². The molecule has 5 heteroatoms. The summed E-state index contributed by atoms with van der Waals surface area (Å²) >= 11 is 0. The van der Waals surface area contributed by atoms with Gasteiger partial charge in [0.2, 0.25) is 5.91 Å². The van der Waals surface area contributed by atoms with Crippen molar-refractivity contribution in [3.8, 4) is 0 Å². The molecule has 2 fully saturated rings. The van der Waals surface area contributed by atoms with Crippen molar-refractivity contribution in [2.45, 2.75) is 64.5 Å². The highest BCUT2D eigenvalue weighted by molar-refractivity contribution is 5.75. The van der Waals surface area contributed by atoms with Crippen molar-refractivity contribution in [3.05, 3.63) is 23.7 Å². The molecular weight excluding hydrogens is 316 g/mol. The van der Waals surface area contributed by atoms with Crippen LogP contribution in [0.15, 0.2) is 16.5 Å². The number of nitrogens with zero attached hydrogens (tertiary/aromatic N) is 1. The Morgan fingerprint density at radius 1 is 1.24 bits per heavy atom. The third-order valence-corrected chi connectivity index (χ3v) is 5.48. The van der Waals surface area contributed by atoms with Gasteiger partial charge in [0, 0.05) is 26.0 Å². The summed E-state index contributed by atoms with van der Waals surface area (Å²) in [5, 5.41) is 3.03. The van der Waals surface area contributed by atoms with Gasteiger partial charge in [-0.1, -0.05) is 6.92 Å². The van der Waals surface area contributed by atoms with E-state index in [1.54, 1.807) is 0 Å². The zero-order chi connectivity index (χ0) is 17.5. The molecule has 0 radical (unpaired) electrons. The number of carbonyl (C=O) groups is 1. The zero-order valence-electron chi connectivity index (χ0n) is 15.5. The Hall–Kier alpha value is -1.33. The molecule has 0 saturated carbocycles. The smallest absolute Gasteiger partial charge is 0.220 e. The van der Waals surface area contributed by atoms with E-state index in [1.807, 2.05) is 0 Å². The minimum absolute atomic E-state index is 0.181. The number of likely N-dealkylation sites (tertiary alicyclic amines) is 1. The van der Waals surface area contributed by atoms with Crippen molar-refractivity contribution < 1.29 is 13.9 Å². The van der Waals surface area contributed by atoms with Crippen LogP contribution in [0.3, 0.4) is 0 Å². The lowest BCUT2D eigenvalue weighted by atomic mass is 9.92. The number of aryl methyl sites for hydroxylation is 1. The fraction of sp³-hybridized carbons (Fsp3) is 0.750. The molecular formula is C20H32N2O3. The second-order valence-electron chi connectivity index (χ2n) is 7.42. The summed E-state index contributed by atoms with van der Waals surface area (Å²) in [7, 11) is 0. The summed E-state index contributed by atoms with van der Waals surface area (Å²) in [6.07, 6.45) is 7.41. The quantitative estimate of drug-likeness (QED) is 0.784. The number of hydrogen-bond donors (Lipinski definition) is 1. The van der Waals surface area contributed by atoms with Crippen LogP contribution in [0.25, 0.3) is 0 Å². The first kappa shape index (κ1) is 18.5. The van der Waals surface area contributed by atoms with Gasteiger partial charge in [-0.25, -0.2) is 0 Å². The van der Waals surface area contributed by atoms with E-state index < -0.39 is 0 Å². The molecule has 5 nitrogen and oxygen atoms in total. The Bertz CT molecular complexity index is 529. The van der Waals surface area contributed by atoms with E-state index in [2.05, 4.69) is 29.3 Å². The van der Waals surface area contributed by atoms with Crippen LogP contribution in [-0.2, 0) is 22.5 Å². The van der Waals surface area contributed by atoms with Gasteiger partial charge in [-0.3, -0.25) is 9.69 Å². The number of ether oxygens (including phenoxy) is 1. The van der Waals surface area contributed by atoms with Gasteiger partial charge >= 0.3 is 0 Å². The minimum Gasteiger partial charge on any atom is -0.465 e. The van der Waals surface area contributed by atoms with Crippen molar-refractivity contribution in [1.29, 1.82) is 0 Å². The van der Waals surface area contributed by atoms with Crippen LogP contribution in [0.4, 0.5) is 0 Å². The highest BCUT2D eigenvalue weighted by atomic mass is 16.5. The SMILES string of the molecule is CCc1ccc(CN2CCC(CCC(=O)NC[C@@H]3CCCO3)CC2)o1. The summed E-state index contributed by atoms with van der Waals surface area (Å²) in [5.41, 5.74) is 0. The lowest BCUT2D eigenvalue weighted by Gasteiger charge is -2.31. The summed E-state index contributed by atoms with van der Waals surface area (Å²) < 4.78 is 11.3. The molecule has 0 spiro atoms. The lowest BCUT2D eigenvalue weighted by molar-refractivity contribution is -0.122. The molecule has 2 aliphatic heterocycles. The van der Waals surface area contributed by atoms with Crippen molar-refractivity contribution >= 4 is 5.91 Å². The maximum atomic E-state index is 12.0. The van der Waals surface area contributed by atoms with Crippen LogP contribution < -0.4 is 5.32 Å². The van der Waals surface area contributed by atoms with Gasteiger partial charge in [0.15, 0.2) is 0 Å². The molecule has 1 amide bonds. The van der Waals surface area contributed by atoms with Crippen molar-refractivity contribution in [2.24, 2.45) is 5.92 Å². The van der Waals surface area contributed by atoms with Crippen molar-refractivity contribution in [1.82, 2.24) is 10.2 Å². The van der Waals surface area contributed by atoms with E-state index in [0.29, 0.717) is 18.9 Å². The van der Waals surface area contributed by atoms with Gasteiger partial charge in [0.25, 0.3) is 0 Å². The highest BCUT2D eigenvalue weighted by Gasteiger charge is 2.21. The van der Waals surface area contributed by atoms with Crippen LogP contribution in [0.5, 0.6) is 0 Å². The lowest BCUT2D eigenvalue weighted by Crippen LogP contribution is -2.34. The summed E-state index contributed by atoms with van der Waals surface area (Å²) in [6, 6.07) is 4.18. The molecule has 25 heavy (non-hydrogen) atoms. The number of rotatable bonds is 8. The monoisotopic (exact) mass is 348 g/mol. The van der Waals surface area contributed by atoms with E-state index in [4.69, 9.17) is 9.15 Å². The normalized spacial score (nSPS) is 22.4. The van der Waals surface area contributed by atoms with Crippen LogP contribution in [0.2, 0.25) is 0 Å². The molecule has 2 saturated heterocycles. The van der Waals surface area contributed by atoms with Crippen molar-refractivity contribution in [2.75, 3.05) is 26.2 Å².